The van der Waals surface area contributed by atoms with Gasteiger partial charge in [-0.25, -0.2) is 4.79 Å². The summed E-state index contributed by atoms with van der Waals surface area (Å²) in [5.74, 6) is -0.969. The van der Waals surface area contributed by atoms with E-state index in [1.807, 2.05) is 41.3 Å². The minimum Gasteiger partial charge on any atom is -0.478 e. The van der Waals surface area contributed by atoms with E-state index in [9.17, 15) is 9.59 Å². The van der Waals surface area contributed by atoms with Gasteiger partial charge in [0.25, 0.3) is 5.91 Å². The van der Waals surface area contributed by atoms with E-state index >= 15 is 0 Å². The highest BCUT2D eigenvalue weighted by Crippen LogP contribution is 2.26. The molecule has 0 saturated carbocycles. The number of likely N-dealkylation sites (tertiary alicyclic amines) is 1. The number of aromatic carboxylic acids is 1. The van der Waals surface area contributed by atoms with Crippen LogP contribution in [-0.4, -0.2) is 54.5 Å². The number of nitrogens with zero attached hydrogens (tertiary/aromatic N) is 5. The highest BCUT2D eigenvalue weighted by Gasteiger charge is 2.31. The van der Waals surface area contributed by atoms with Gasteiger partial charge in [0.1, 0.15) is 0 Å². The summed E-state index contributed by atoms with van der Waals surface area (Å²) in [5, 5.41) is 17.5. The number of carbonyl (C=O) groups is 2. The SMILES string of the molecule is O=C(O)c1cnn(C2CCN(C(=O)C(c3ccccc3)n3cccn3)CC2)c1. The highest BCUT2D eigenvalue weighted by atomic mass is 16.4. The largest absolute Gasteiger partial charge is 0.478 e. The monoisotopic (exact) mass is 379 g/mol. The van der Waals surface area contributed by atoms with Gasteiger partial charge in [-0.2, -0.15) is 10.2 Å². The van der Waals surface area contributed by atoms with Crippen LogP contribution in [0.25, 0.3) is 0 Å². The number of benzene rings is 1. The fraction of sp³-hybridized carbons (Fsp3) is 0.300. The van der Waals surface area contributed by atoms with Crippen molar-refractivity contribution in [3.8, 4) is 0 Å². The van der Waals surface area contributed by atoms with Gasteiger partial charge in [-0.05, 0) is 24.5 Å². The van der Waals surface area contributed by atoms with Crippen LogP contribution < -0.4 is 0 Å². The fourth-order valence-electron chi connectivity index (χ4n) is 3.65. The smallest absolute Gasteiger partial charge is 0.338 e. The Bertz CT molecular complexity index is 943. The Morgan fingerprint density at radius 2 is 1.82 bits per heavy atom. The lowest BCUT2D eigenvalue weighted by Gasteiger charge is -2.34. The zero-order valence-corrected chi connectivity index (χ0v) is 15.3. The number of rotatable bonds is 5. The van der Waals surface area contributed by atoms with Crippen molar-refractivity contribution < 1.29 is 14.7 Å². The summed E-state index contributed by atoms with van der Waals surface area (Å²) in [6.07, 6.45) is 7.86. The zero-order valence-electron chi connectivity index (χ0n) is 15.3. The maximum atomic E-state index is 13.3. The fourth-order valence-corrected chi connectivity index (χ4v) is 3.65. The molecule has 0 aliphatic carbocycles. The molecule has 1 amide bonds. The minimum atomic E-state index is -0.983. The second kappa shape index (κ2) is 7.67. The van der Waals surface area contributed by atoms with Crippen molar-refractivity contribution in [3.63, 3.8) is 0 Å². The second-order valence-corrected chi connectivity index (χ2v) is 6.87. The molecule has 2 aromatic heterocycles. The van der Waals surface area contributed by atoms with E-state index < -0.39 is 12.0 Å². The average Bonchev–Trinajstić information content (AvgIpc) is 3.42. The topological polar surface area (TPSA) is 93.3 Å². The summed E-state index contributed by atoms with van der Waals surface area (Å²) in [6.45, 7) is 1.19. The second-order valence-electron chi connectivity index (χ2n) is 6.87. The van der Waals surface area contributed by atoms with E-state index in [-0.39, 0.29) is 17.5 Å². The summed E-state index contributed by atoms with van der Waals surface area (Å²) < 4.78 is 3.39. The Kier molecular flexibility index (Phi) is 4.92. The molecule has 1 aliphatic rings. The molecule has 0 bridgehead atoms. The molecule has 28 heavy (non-hydrogen) atoms. The average molecular weight is 379 g/mol. The Morgan fingerprint density at radius 3 is 2.43 bits per heavy atom. The van der Waals surface area contributed by atoms with Crippen LogP contribution in [0.5, 0.6) is 0 Å². The van der Waals surface area contributed by atoms with Gasteiger partial charge in [0.2, 0.25) is 0 Å². The molecule has 1 unspecified atom stereocenters. The third-order valence-electron chi connectivity index (χ3n) is 5.14. The predicted molar refractivity (Wildman–Crippen MR) is 101 cm³/mol. The van der Waals surface area contributed by atoms with Crippen LogP contribution in [0.4, 0.5) is 0 Å². The predicted octanol–water partition coefficient (Wildman–Crippen LogP) is 2.23. The summed E-state index contributed by atoms with van der Waals surface area (Å²) in [4.78, 5) is 26.2. The zero-order chi connectivity index (χ0) is 19.5. The van der Waals surface area contributed by atoms with Crippen molar-refractivity contribution in [3.05, 3.63) is 72.3 Å². The molecule has 4 rings (SSSR count). The van der Waals surface area contributed by atoms with E-state index in [2.05, 4.69) is 10.2 Å². The van der Waals surface area contributed by atoms with Crippen molar-refractivity contribution in [2.45, 2.75) is 24.9 Å². The van der Waals surface area contributed by atoms with Crippen LogP contribution in [0.1, 0.15) is 40.8 Å². The molecule has 1 N–H and O–H groups in total. The van der Waals surface area contributed by atoms with E-state index in [0.717, 1.165) is 18.4 Å². The van der Waals surface area contributed by atoms with E-state index in [0.29, 0.717) is 13.1 Å². The highest BCUT2D eigenvalue weighted by molar-refractivity contribution is 5.86. The van der Waals surface area contributed by atoms with Crippen LogP contribution in [0, 0.1) is 0 Å². The summed E-state index contributed by atoms with van der Waals surface area (Å²) in [6, 6.07) is 11.1. The Hall–Kier alpha value is -3.42. The van der Waals surface area contributed by atoms with Gasteiger partial charge in [0.05, 0.1) is 17.8 Å². The summed E-state index contributed by atoms with van der Waals surface area (Å²) in [7, 11) is 0. The number of aromatic nitrogens is 4. The normalized spacial score (nSPS) is 16.1. The van der Waals surface area contributed by atoms with E-state index in [1.54, 1.807) is 28.0 Å². The molecule has 144 valence electrons. The van der Waals surface area contributed by atoms with Crippen molar-refractivity contribution >= 4 is 11.9 Å². The molecule has 1 saturated heterocycles. The first kappa shape index (κ1) is 18.0. The quantitative estimate of drug-likeness (QED) is 0.734. The molecular weight excluding hydrogens is 358 g/mol. The van der Waals surface area contributed by atoms with Crippen LogP contribution >= 0.6 is 0 Å². The van der Waals surface area contributed by atoms with Gasteiger partial charge < -0.3 is 10.0 Å². The van der Waals surface area contributed by atoms with Gasteiger partial charge in [-0.15, -0.1) is 0 Å². The van der Waals surface area contributed by atoms with Gasteiger partial charge in [0.15, 0.2) is 6.04 Å². The number of piperidine rings is 1. The van der Waals surface area contributed by atoms with Gasteiger partial charge in [0, 0.05) is 31.7 Å². The molecule has 3 heterocycles. The molecule has 1 atom stereocenters. The lowest BCUT2D eigenvalue weighted by Crippen LogP contribution is -2.43. The number of carboxylic acids is 1. The lowest BCUT2D eigenvalue weighted by molar-refractivity contribution is -0.135. The Balaban J connectivity index is 1.48. The minimum absolute atomic E-state index is 0.0139. The van der Waals surface area contributed by atoms with Crippen LogP contribution in [0.2, 0.25) is 0 Å². The van der Waals surface area contributed by atoms with Crippen molar-refractivity contribution in [1.29, 1.82) is 0 Å². The van der Waals surface area contributed by atoms with Crippen LogP contribution in [0.3, 0.4) is 0 Å². The first-order valence-corrected chi connectivity index (χ1v) is 9.24. The third kappa shape index (κ3) is 3.53. The first-order valence-electron chi connectivity index (χ1n) is 9.24. The Morgan fingerprint density at radius 1 is 1.07 bits per heavy atom. The van der Waals surface area contributed by atoms with Crippen LogP contribution in [-0.2, 0) is 4.79 Å². The van der Waals surface area contributed by atoms with Gasteiger partial charge >= 0.3 is 5.97 Å². The Labute approximate surface area is 162 Å². The molecule has 0 spiro atoms. The molecule has 8 heteroatoms. The van der Waals surface area contributed by atoms with Crippen molar-refractivity contribution in [2.24, 2.45) is 0 Å². The molecular formula is C20H21N5O3. The van der Waals surface area contributed by atoms with Gasteiger partial charge in [-0.3, -0.25) is 14.2 Å². The molecule has 3 aromatic rings. The number of carboxylic acid groups (broad SMARTS) is 1. The van der Waals surface area contributed by atoms with Crippen molar-refractivity contribution in [1.82, 2.24) is 24.5 Å². The van der Waals surface area contributed by atoms with Crippen molar-refractivity contribution in [2.75, 3.05) is 13.1 Å². The number of hydrogen-bond acceptors (Lipinski definition) is 4. The standard InChI is InChI=1S/C20H21N5O3/c26-19(18(24-10-4-9-21-24)15-5-2-1-3-6-15)23-11-7-17(8-12-23)25-14-16(13-22-25)20(27)28/h1-6,9-10,13-14,17-18H,7-8,11-12H2,(H,27,28). The number of amides is 1. The van der Waals surface area contributed by atoms with Gasteiger partial charge in [-0.1, -0.05) is 30.3 Å². The lowest BCUT2D eigenvalue weighted by atomic mass is 10.0. The first-order chi connectivity index (χ1) is 13.6. The summed E-state index contributed by atoms with van der Waals surface area (Å²) >= 11 is 0. The molecule has 8 nitrogen and oxygen atoms in total. The summed E-state index contributed by atoms with van der Waals surface area (Å²) in [5.41, 5.74) is 1.08. The number of hydrogen-bond donors (Lipinski definition) is 1. The maximum absolute atomic E-state index is 13.3. The van der Waals surface area contributed by atoms with E-state index in [4.69, 9.17) is 5.11 Å². The molecule has 1 aromatic carbocycles. The van der Waals surface area contributed by atoms with E-state index in [1.165, 1.54) is 6.20 Å². The maximum Gasteiger partial charge on any atom is 0.338 e. The third-order valence-corrected chi connectivity index (χ3v) is 5.14. The molecule has 0 radical (unpaired) electrons. The number of carbonyl (C=O) groups excluding carboxylic acids is 1. The van der Waals surface area contributed by atoms with Crippen LogP contribution in [0.15, 0.2) is 61.2 Å². The molecule has 1 fully saturated rings. The molecule has 1 aliphatic heterocycles.